The first-order valence-corrected chi connectivity index (χ1v) is 7.33. The number of nitrogens with zero attached hydrogens (tertiary/aromatic N) is 3. The minimum absolute atomic E-state index is 0.00189. The third kappa shape index (κ3) is 3.94. The number of carbonyl (C=O) groups excluding carboxylic acids is 1. The number of rotatable bonds is 4. The summed E-state index contributed by atoms with van der Waals surface area (Å²) in [4.78, 5) is 31.4. The monoisotopic (exact) mass is 295 g/mol. The number of pyridine rings is 1. The number of likely N-dealkylation sites (N-methyl/N-ethyl adjacent to an activating group) is 1. The van der Waals surface area contributed by atoms with Crippen LogP contribution < -0.4 is 0 Å². The lowest BCUT2D eigenvalue weighted by Gasteiger charge is -2.32. The van der Waals surface area contributed by atoms with Gasteiger partial charge in [0.2, 0.25) is 5.91 Å². The minimum Gasteiger partial charge on any atom is -0.477 e. The number of aromatic carboxylic acids is 1. The number of hydrogen-bond donors (Lipinski definition) is 1. The van der Waals surface area contributed by atoms with Crippen LogP contribution in [0.25, 0.3) is 0 Å². The molecule has 2 heterocycles. The molecule has 1 aliphatic rings. The summed E-state index contributed by atoms with van der Waals surface area (Å²) in [6, 6.07) is 3.21. The van der Waals surface area contributed by atoms with Gasteiger partial charge in [-0.15, -0.1) is 11.8 Å². The van der Waals surface area contributed by atoms with Crippen molar-refractivity contribution in [1.29, 1.82) is 0 Å². The van der Waals surface area contributed by atoms with Gasteiger partial charge in [-0.3, -0.25) is 4.79 Å². The van der Waals surface area contributed by atoms with Crippen LogP contribution in [0.15, 0.2) is 23.2 Å². The Balaban J connectivity index is 1.87. The van der Waals surface area contributed by atoms with Gasteiger partial charge in [-0.1, -0.05) is 0 Å². The molecule has 6 nitrogen and oxygen atoms in total. The van der Waals surface area contributed by atoms with E-state index in [2.05, 4.69) is 9.88 Å². The second kappa shape index (κ2) is 6.71. The lowest BCUT2D eigenvalue weighted by Crippen LogP contribution is -2.47. The molecule has 0 radical (unpaired) electrons. The number of carboxylic acid groups (broad SMARTS) is 1. The molecule has 1 fully saturated rings. The summed E-state index contributed by atoms with van der Waals surface area (Å²) < 4.78 is 0. The van der Waals surface area contributed by atoms with Crippen molar-refractivity contribution in [2.45, 2.75) is 4.90 Å². The average Bonchev–Trinajstić information content (AvgIpc) is 2.46. The Bertz CT molecular complexity index is 501. The molecule has 20 heavy (non-hydrogen) atoms. The van der Waals surface area contributed by atoms with E-state index in [9.17, 15) is 9.59 Å². The highest BCUT2D eigenvalue weighted by atomic mass is 32.2. The van der Waals surface area contributed by atoms with Gasteiger partial charge in [0.25, 0.3) is 0 Å². The molecule has 0 atom stereocenters. The van der Waals surface area contributed by atoms with Crippen LogP contribution in [-0.4, -0.2) is 70.7 Å². The smallest absolute Gasteiger partial charge is 0.354 e. The first kappa shape index (κ1) is 14.8. The van der Waals surface area contributed by atoms with Crippen molar-refractivity contribution in [3.8, 4) is 0 Å². The van der Waals surface area contributed by atoms with Crippen LogP contribution in [-0.2, 0) is 4.79 Å². The van der Waals surface area contributed by atoms with Crippen LogP contribution in [0.1, 0.15) is 10.5 Å². The van der Waals surface area contributed by atoms with E-state index in [4.69, 9.17) is 5.11 Å². The number of carbonyl (C=O) groups is 2. The molecular weight excluding hydrogens is 278 g/mol. The van der Waals surface area contributed by atoms with Crippen LogP contribution in [0.2, 0.25) is 0 Å². The van der Waals surface area contributed by atoms with Crippen LogP contribution in [0.5, 0.6) is 0 Å². The van der Waals surface area contributed by atoms with Crippen LogP contribution in [0.3, 0.4) is 0 Å². The predicted octanol–water partition coefficient (Wildman–Crippen LogP) is 0.646. The molecule has 0 spiro atoms. The maximum atomic E-state index is 12.1. The molecule has 0 unspecified atom stereocenters. The van der Waals surface area contributed by atoms with E-state index >= 15 is 0 Å². The molecule has 0 bridgehead atoms. The van der Waals surface area contributed by atoms with Crippen molar-refractivity contribution in [2.75, 3.05) is 39.0 Å². The van der Waals surface area contributed by atoms with Gasteiger partial charge in [-0.25, -0.2) is 9.78 Å². The largest absolute Gasteiger partial charge is 0.477 e. The van der Waals surface area contributed by atoms with E-state index in [-0.39, 0.29) is 11.6 Å². The van der Waals surface area contributed by atoms with Crippen molar-refractivity contribution >= 4 is 23.6 Å². The highest BCUT2D eigenvalue weighted by Gasteiger charge is 2.19. The zero-order valence-electron chi connectivity index (χ0n) is 11.3. The lowest BCUT2D eigenvalue weighted by atomic mass is 10.3. The summed E-state index contributed by atoms with van der Waals surface area (Å²) in [7, 11) is 2.04. The molecule has 108 valence electrons. The van der Waals surface area contributed by atoms with Crippen LogP contribution in [0.4, 0.5) is 0 Å². The molecule has 0 aliphatic carbocycles. The molecule has 0 aromatic carbocycles. The van der Waals surface area contributed by atoms with Gasteiger partial charge in [0.05, 0.1) is 5.75 Å². The fourth-order valence-electron chi connectivity index (χ4n) is 1.91. The second-order valence-corrected chi connectivity index (χ2v) is 5.70. The molecule has 2 rings (SSSR count). The Hall–Kier alpha value is -1.60. The van der Waals surface area contributed by atoms with Crippen LogP contribution >= 0.6 is 11.8 Å². The Morgan fingerprint density at radius 1 is 1.35 bits per heavy atom. The Labute approximate surface area is 121 Å². The van der Waals surface area contributed by atoms with Gasteiger partial charge < -0.3 is 14.9 Å². The van der Waals surface area contributed by atoms with Crippen molar-refractivity contribution in [2.24, 2.45) is 0 Å². The molecule has 1 aliphatic heterocycles. The Morgan fingerprint density at radius 2 is 2.05 bits per heavy atom. The van der Waals surface area contributed by atoms with Crippen molar-refractivity contribution in [1.82, 2.24) is 14.8 Å². The van der Waals surface area contributed by atoms with Gasteiger partial charge in [-0.2, -0.15) is 0 Å². The average molecular weight is 295 g/mol. The molecule has 1 saturated heterocycles. The van der Waals surface area contributed by atoms with E-state index in [0.29, 0.717) is 5.75 Å². The lowest BCUT2D eigenvalue weighted by molar-refractivity contribution is -0.129. The Kier molecular flexibility index (Phi) is 4.97. The summed E-state index contributed by atoms with van der Waals surface area (Å²) in [5.74, 6) is -0.637. The number of aromatic nitrogens is 1. The number of carboxylic acids is 1. The summed E-state index contributed by atoms with van der Waals surface area (Å²) in [5.41, 5.74) is 0.00189. The fourth-order valence-corrected chi connectivity index (χ4v) is 2.73. The fraction of sp³-hybridized carbons (Fsp3) is 0.462. The summed E-state index contributed by atoms with van der Waals surface area (Å²) in [6.45, 7) is 3.31. The maximum Gasteiger partial charge on any atom is 0.354 e. The van der Waals surface area contributed by atoms with E-state index in [1.807, 2.05) is 11.9 Å². The highest BCUT2D eigenvalue weighted by molar-refractivity contribution is 8.00. The number of piperazine rings is 1. The van der Waals surface area contributed by atoms with E-state index in [0.717, 1.165) is 31.1 Å². The molecule has 1 aromatic heterocycles. The molecule has 1 N–H and O–H groups in total. The first-order valence-electron chi connectivity index (χ1n) is 6.35. The summed E-state index contributed by atoms with van der Waals surface area (Å²) >= 11 is 1.35. The van der Waals surface area contributed by atoms with Crippen LogP contribution in [0, 0.1) is 0 Å². The standard InChI is InChI=1S/C13H17N3O3S/c1-15-4-6-16(7-5-15)12(17)9-20-10-2-3-14-11(8-10)13(18)19/h2-3,8H,4-7,9H2,1H3,(H,18,19). The van der Waals surface area contributed by atoms with E-state index in [1.54, 1.807) is 6.07 Å². The Morgan fingerprint density at radius 3 is 2.70 bits per heavy atom. The molecule has 7 heteroatoms. The third-order valence-corrected chi connectivity index (χ3v) is 4.15. The maximum absolute atomic E-state index is 12.1. The summed E-state index contributed by atoms with van der Waals surface area (Å²) in [6.07, 6.45) is 1.45. The molecule has 1 amide bonds. The summed E-state index contributed by atoms with van der Waals surface area (Å²) in [5, 5.41) is 8.86. The third-order valence-electron chi connectivity index (χ3n) is 3.17. The van der Waals surface area contributed by atoms with Gasteiger partial charge in [0, 0.05) is 37.3 Å². The quantitative estimate of drug-likeness (QED) is 0.822. The van der Waals surface area contributed by atoms with Crippen molar-refractivity contribution < 1.29 is 14.7 Å². The first-order chi connectivity index (χ1) is 9.56. The number of amides is 1. The molecule has 1 aromatic rings. The van der Waals surface area contributed by atoms with E-state index in [1.165, 1.54) is 24.0 Å². The minimum atomic E-state index is -1.06. The van der Waals surface area contributed by atoms with Crippen molar-refractivity contribution in [3.63, 3.8) is 0 Å². The van der Waals surface area contributed by atoms with Gasteiger partial charge in [-0.05, 0) is 19.2 Å². The SMILES string of the molecule is CN1CCN(C(=O)CSc2ccnc(C(=O)O)c2)CC1. The second-order valence-electron chi connectivity index (χ2n) is 4.65. The zero-order valence-corrected chi connectivity index (χ0v) is 12.1. The molecule has 0 saturated carbocycles. The van der Waals surface area contributed by atoms with Gasteiger partial charge in [0.15, 0.2) is 0 Å². The molecular formula is C13H17N3O3S. The zero-order chi connectivity index (χ0) is 14.5. The van der Waals surface area contributed by atoms with Gasteiger partial charge >= 0.3 is 5.97 Å². The number of thioether (sulfide) groups is 1. The topological polar surface area (TPSA) is 73.7 Å². The van der Waals surface area contributed by atoms with Gasteiger partial charge in [0.1, 0.15) is 5.69 Å². The predicted molar refractivity (Wildman–Crippen MR) is 76.0 cm³/mol. The van der Waals surface area contributed by atoms with E-state index < -0.39 is 5.97 Å². The normalized spacial score (nSPS) is 16.1. The van der Waals surface area contributed by atoms with Crippen molar-refractivity contribution in [3.05, 3.63) is 24.0 Å². The highest BCUT2D eigenvalue weighted by Crippen LogP contribution is 2.19. The number of hydrogen-bond acceptors (Lipinski definition) is 5.